The Morgan fingerprint density at radius 1 is 0.479 bits per heavy atom. The molecule has 0 aromatic rings. The monoisotopic (exact) mass is 1410 g/mol. The van der Waals surface area contributed by atoms with E-state index in [1.165, 1.54) is 78.6 Å². The zero-order valence-electron chi connectivity index (χ0n) is 58.6. The molecule has 0 fully saturated rings. The number of nitrogens with one attached hydrogen (secondary N) is 7. The second-order valence-electron chi connectivity index (χ2n) is 26.3. The van der Waals surface area contributed by atoms with Gasteiger partial charge in [0.15, 0.2) is 23.1 Å². The Balaban J connectivity index is 0. The molecule has 4 atom stereocenters. The van der Waals surface area contributed by atoms with Crippen molar-refractivity contribution in [1.29, 1.82) is 0 Å². The van der Waals surface area contributed by atoms with E-state index in [1.54, 1.807) is 20.8 Å². The number of carbonyl (C=O) groups is 11. The van der Waals surface area contributed by atoms with Gasteiger partial charge >= 0.3 is 11.9 Å². The zero-order valence-corrected chi connectivity index (χ0v) is 61.4. The molecule has 0 bridgehead atoms. The maximum atomic E-state index is 13.8. The van der Waals surface area contributed by atoms with Crippen LogP contribution in [-0.2, 0) is 104 Å². The van der Waals surface area contributed by atoms with Crippen LogP contribution in [0.5, 0.6) is 0 Å². The van der Waals surface area contributed by atoms with E-state index < -0.39 is 53.2 Å². The standard InChI is InChI=1S/C68H122N7O18.Y/c1-51(2)43-68(8,75-47-59(81)66(4,5)69)61(83)46-72-56(58(80)44-74-67(6,7)60(82)45-73-57(48-76)52(3)77)30-25-26-34-70-63(85)50-93-41-38-90-36-27-29-55(79)49-92-40-39-91-37-35-71-62(84)33-32-53(65(88)89)42-54(78)28-23-21-19-17-15-13-11-9-10-12-14-16-18-20-22-24-31-64(86)87;/h51,53,56-57,69,72-76H,9-50H2,1-8H3,(H,70,85)(H,71,84)(H,86,87)(H,88,89);/q-1;/t53-,56+,57+,68+;/m1./s1. The molecule has 26 heteroatoms. The second-order valence-corrected chi connectivity index (χ2v) is 26.3. The van der Waals surface area contributed by atoms with Crippen molar-refractivity contribution in [3.63, 3.8) is 0 Å². The summed E-state index contributed by atoms with van der Waals surface area (Å²) in [6, 6.07) is -1.74. The van der Waals surface area contributed by atoms with E-state index in [2.05, 4.69) is 31.9 Å². The number of rotatable bonds is 67. The Morgan fingerprint density at radius 2 is 0.979 bits per heavy atom. The molecule has 541 valence electrons. The molecule has 1 radical (unpaired) electrons. The first-order valence-corrected chi connectivity index (χ1v) is 34.3. The number of hydrogen-bond acceptors (Lipinski definition) is 20. The van der Waals surface area contributed by atoms with E-state index in [4.69, 9.17) is 29.8 Å². The van der Waals surface area contributed by atoms with Gasteiger partial charge in [0.2, 0.25) is 11.8 Å². The van der Waals surface area contributed by atoms with Crippen LogP contribution in [0.15, 0.2) is 0 Å². The van der Waals surface area contributed by atoms with E-state index in [0.717, 1.165) is 44.9 Å². The predicted molar refractivity (Wildman–Crippen MR) is 356 cm³/mol. The van der Waals surface area contributed by atoms with Crippen LogP contribution in [-0.4, -0.2) is 207 Å². The van der Waals surface area contributed by atoms with Crippen LogP contribution in [0.4, 0.5) is 0 Å². The molecule has 0 aromatic carbocycles. The molecular weight excluding hydrogens is 1290 g/mol. The molecule has 0 aromatic heterocycles. The summed E-state index contributed by atoms with van der Waals surface area (Å²) in [6.07, 6.45) is 20.7. The number of aliphatic carboxylic acids is 2. The molecular formula is C68H122N7O18Y-. The molecule has 0 rings (SSSR count). The van der Waals surface area contributed by atoms with Crippen LogP contribution in [0.1, 0.15) is 229 Å². The molecule has 0 heterocycles. The largest absolute Gasteiger partial charge is 0.666 e. The van der Waals surface area contributed by atoms with Crippen molar-refractivity contribution in [3.8, 4) is 0 Å². The molecule has 0 aliphatic carbocycles. The second kappa shape index (κ2) is 56.2. The van der Waals surface area contributed by atoms with Crippen molar-refractivity contribution in [2.45, 2.75) is 257 Å². The number of ketones is 7. The van der Waals surface area contributed by atoms with Crippen molar-refractivity contribution >= 4 is 64.2 Å². The van der Waals surface area contributed by atoms with Crippen molar-refractivity contribution in [3.05, 3.63) is 5.73 Å². The van der Waals surface area contributed by atoms with Gasteiger partial charge in [-0.05, 0) is 85.0 Å². The number of amides is 2. The number of aliphatic hydroxyl groups excluding tert-OH is 1. The van der Waals surface area contributed by atoms with E-state index in [-0.39, 0.29) is 215 Å². The van der Waals surface area contributed by atoms with Crippen LogP contribution in [0.3, 0.4) is 0 Å². The summed E-state index contributed by atoms with van der Waals surface area (Å²) in [4.78, 5) is 137. The third-order valence-electron chi connectivity index (χ3n) is 16.2. The van der Waals surface area contributed by atoms with Crippen LogP contribution in [0.2, 0.25) is 0 Å². The minimum atomic E-state index is -1.35. The maximum absolute atomic E-state index is 13.8. The quantitative estimate of drug-likeness (QED) is 0.0285. The Hall–Kier alpha value is -3.73. The number of ether oxygens (including phenoxy) is 4. The Bertz CT molecular complexity index is 2180. The van der Waals surface area contributed by atoms with Gasteiger partial charge < -0.3 is 56.0 Å². The van der Waals surface area contributed by atoms with Crippen LogP contribution in [0.25, 0.3) is 5.73 Å². The number of carboxylic acids is 2. The molecule has 0 aliphatic heterocycles. The molecule has 0 aliphatic rings. The SMILES string of the molecule is CC(=O)[C@H](CO)NCC(=O)C(C)(C)NCC(=O)[C@H](CCCCNC(=O)COCCOCCCC(=O)COCCOCCNC(=O)CC[C@H](CC(=O)CCCCCCCCCCCCCCCCCCC(=O)O)C(=O)O)NCC(=O)[C@](C)(CC(C)C)NCC(=O)C(C)(C)[NH-].[Y]. The first-order valence-electron chi connectivity index (χ1n) is 34.3. The number of carboxylic acid groups (broad SMARTS) is 2. The summed E-state index contributed by atoms with van der Waals surface area (Å²) in [7, 11) is 0. The minimum Gasteiger partial charge on any atom is -0.666 e. The molecule has 0 saturated heterocycles. The van der Waals surface area contributed by atoms with Gasteiger partial charge in [-0.3, -0.25) is 68.7 Å². The summed E-state index contributed by atoms with van der Waals surface area (Å²) in [6.45, 7) is 13.1. The van der Waals surface area contributed by atoms with Gasteiger partial charge in [0.05, 0.1) is 94.9 Å². The van der Waals surface area contributed by atoms with Gasteiger partial charge in [-0.15, -0.1) is 0 Å². The zero-order chi connectivity index (χ0) is 69.9. The smallest absolute Gasteiger partial charge is 0.306 e. The van der Waals surface area contributed by atoms with Crippen molar-refractivity contribution in [2.75, 3.05) is 98.7 Å². The summed E-state index contributed by atoms with van der Waals surface area (Å²) in [5.41, 5.74) is 4.40. The fraction of sp³-hybridized carbons (Fsp3) is 0.838. The third kappa shape index (κ3) is 50.6. The summed E-state index contributed by atoms with van der Waals surface area (Å²) >= 11 is 0. The number of aliphatic hydroxyl groups is 1. The fourth-order valence-corrected chi connectivity index (χ4v) is 10.1. The van der Waals surface area contributed by atoms with E-state index in [0.29, 0.717) is 38.7 Å². The van der Waals surface area contributed by atoms with E-state index in [9.17, 15) is 63.0 Å². The summed E-state index contributed by atoms with van der Waals surface area (Å²) in [5, 5.41) is 45.2. The Labute approximate surface area is 586 Å². The van der Waals surface area contributed by atoms with Crippen LogP contribution >= 0.6 is 0 Å². The fourth-order valence-electron chi connectivity index (χ4n) is 10.1. The van der Waals surface area contributed by atoms with Gasteiger partial charge in [-0.1, -0.05) is 123 Å². The topological polar surface area (TPSA) is 381 Å². The van der Waals surface area contributed by atoms with E-state index in [1.807, 2.05) is 13.8 Å². The summed E-state index contributed by atoms with van der Waals surface area (Å²) in [5.74, 6) is -5.20. The first kappa shape index (κ1) is 92.3. The number of carbonyl (C=O) groups excluding carboxylic acids is 9. The van der Waals surface area contributed by atoms with Gasteiger partial charge in [0.1, 0.15) is 30.6 Å². The molecule has 25 nitrogen and oxygen atoms in total. The molecule has 2 amide bonds. The van der Waals surface area contributed by atoms with E-state index >= 15 is 0 Å². The average molecular weight is 1410 g/mol. The van der Waals surface area contributed by atoms with Crippen LogP contribution in [0, 0.1) is 11.8 Å². The van der Waals surface area contributed by atoms with Crippen molar-refractivity contribution in [2.24, 2.45) is 11.8 Å². The van der Waals surface area contributed by atoms with Crippen molar-refractivity contribution < 1.29 is 120 Å². The maximum Gasteiger partial charge on any atom is 0.306 e. The van der Waals surface area contributed by atoms with Gasteiger partial charge in [0, 0.05) is 84.5 Å². The average Bonchev–Trinajstić information content (AvgIpc) is 0.975. The Morgan fingerprint density at radius 3 is 1.51 bits per heavy atom. The predicted octanol–water partition coefficient (Wildman–Crippen LogP) is 6.72. The van der Waals surface area contributed by atoms with Gasteiger partial charge in [-0.25, -0.2) is 0 Å². The Kier molecular flexibility index (Phi) is 55.2. The number of unbranched alkanes of at least 4 members (excludes halogenated alkanes) is 16. The first-order chi connectivity index (χ1) is 44.0. The molecule has 94 heavy (non-hydrogen) atoms. The van der Waals surface area contributed by atoms with Gasteiger partial charge in [-0.2, -0.15) is 0 Å². The molecule has 0 spiro atoms. The van der Waals surface area contributed by atoms with Gasteiger partial charge in [0.25, 0.3) is 0 Å². The minimum absolute atomic E-state index is 0. The molecule has 0 unspecified atom stereocenters. The molecule has 10 N–H and O–H groups in total. The number of Topliss-reactive ketones (excluding diaryl/α,β-unsaturated/α-hetero) is 7. The molecule has 0 saturated carbocycles. The van der Waals surface area contributed by atoms with Crippen LogP contribution < -0.4 is 31.9 Å². The summed E-state index contributed by atoms with van der Waals surface area (Å²) < 4.78 is 21.8. The third-order valence-corrected chi connectivity index (χ3v) is 16.2. The number of hydrogen-bond donors (Lipinski definition) is 9. The van der Waals surface area contributed by atoms with Crippen molar-refractivity contribution in [1.82, 2.24) is 31.9 Å². The normalized spacial score (nSPS) is 13.3.